The fourth-order valence-electron chi connectivity index (χ4n) is 3.53. The fourth-order valence-corrected chi connectivity index (χ4v) is 5.08. The van der Waals surface area contributed by atoms with Crippen LogP contribution in [-0.4, -0.2) is 70.0 Å². The quantitative estimate of drug-likeness (QED) is 0.0935. The molecule has 2 rings (SSSR count). The molecule has 2 aliphatic heterocycles. The van der Waals surface area contributed by atoms with Gasteiger partial charge in [-0.1, -0.05) is 0 Å². The van der Waals surface area contributed by atoms with Crippen molar-refractivity contribution in [1.29, 1.82) is 0 Å². The Kier molecular flexibility index (Phi) is 10.3. The lowest BCUT2D eigenvalue weighted by Crippen LogP contribution is -2.44. The monoisotopic (exact) mass is 501 g/mol. The predicted molar refractivity (Wildman–Crippen MR) is 112 cm³/mol. The maximum absolute atomic E-state index is 12.7. The van der Waals surface area contributed by atoms with Gasteiger partial charge in [-0.2, -0.15) is 0 Å². The van der Waals surface area contributed by atoms with Gasteiger partial charge in [0.2, 0.25) is 13.3 Å². The van der Waals surface area contributed by atoms with Crippen LogP contribution in [0.5, 0.6) is 0 Å². The molecule has 0 saturated carbocycles. The van der Waals surface area contributed by atoms with Crippen LogP contribution in [0.25, 0.3) is 0 Å². The van der Waals surface area contributed by atoms with Gasteiger partial charge in [0.25, 0.3) is 0 Å². The zero-order valence-electron chi connectivity index (χ0n) is 19.0. The number of hydrogen-bond donors (Lipinski definition) is 1. The molecule has 2 fully saturated rings. The van der Waals surface area contributed by atoms with Crippen molar-refractivity contribution in [3.8, 4) is 0 Å². The number of fused-ring (bicyclic) bond motifs is 2. The number of carbonyl (C=O) groups is 2. The van der Waals surface area contributed by atoms with Gasteiger partial charge in [0, 0.05) is 13.3 Å². The molecule has 186 valence electrons. The molecular weight excluding hydrogens is 468 g/mol. The second-order valence-electron chi connectivity index (χ2n) is 7.96. The van der Waals surface area contributed by atoms with Crippen LogP contribution in [0.2, 0.25) is 0 Å². The van der Waals surface area contributed by atoms with Crippen molar-refractivity contribution in [2.24, 2.45) is 11.8 Å². The van der Waals surface area contributed by atoms with Gasteiger partial charge in [-0.25, -0.2) is 9.78 Å². The molecule has 0 aliphatic carbocycles. The minimum atomic E-state index is -3.30. The molecule has 12 nitrogen and oxygen atoms in total. The predicted octanol–water partition coefficient (Wildman–Crippen LogP) is 2.47. The van der Waals surface area contributed by atoms with Crippen LogP contribution in [0.15, 0.2) is 0 Å². The summed E-state index contributed by atoms with van der Waals surface area (Å²) in [6.45, 7) is 7.28. The van der Waals surface area contributed by atoms with Crippen LogP contribution >= 0.6 is 15.0 Å². The molecule has 14 heteroatoms. The molecule has 0 spiro atoms. The van der Waals surface area contributed by atoms with Crippen LogP contribution in [0, 0.1) is 11.8 Å². The third kappa shape index (κ3) is 8.18. The number of nitrogens with one attached hydrogen (secondary N) is 1. The Morgan fingerprint density at radius 2 is 1.72 bits per heavy atom. The summed E-state index contributed by atoms with van der Waals surface area (Å²) in [5.74, 6) is -2.83. The maximum atomic E-state index is 12.7. The van der Waals surface area contributed by atoms with Gasteiger partial charge in [-0.15, -0.1) is 0 Å². The second-order valence-corrected chi connectivity index (χ2v) is 12.6. The average molecular weight is 501 g/mol. The molecule has 0 radical (unpaired) electrons. The number of ether oxygens (including phenoxy) is 2. The zero-order valence-corrected chi connectivity index (χ0v) is 20.8. The molecule has 1 N–H and O–H groups in total. The smallest absolute Gasteiger partial charge is 0.329 e. The van der Waals surface area contributed by atoms with Gasteiger partial charge < -0.3 is 19.3 Å². The van der Waals surface area contributed by atoms with Crippen molar-refractivity contribution in [3.63, 3.8) is 0 Å². The minimum absolute atomic E-state index is 0.192. The van der Waals surface area contributed by atoms with E-state index in [0.717, 1.165) is 0 Å². The van der Waals surface area contributed by atoms with Gasteiger partial charge in [-0.3, -0.25) is 27.8 Å². The normalized spacial score (nSPS) is 28.3. The summed E-state index contributed by atoms with van der Waals surface area (Å²) in [5.41, 5.74) is 0. The number of hydrogen-bond acceptors (Lipinski definition) is 11. The Balaban J connectivity index is 1.87. The summed E-state index contributed by atoms with van der Waals surface area (Å²) in [5, 5.41) is 2.51. The molecule has 2 saturated heterocycles. The van der Waals surface area contributed by atoms with E-state index in [4.69, 9.17) is 32.8 Å². The molecule has 0 aromatic rings. The number of rotatable bonds is 14. The standard InChI is InChI=1S/C18H33NO11P2/c1-6-26-32(5,23)27-9-19-17(20)15-13-7-8-14(29-13)16(15)18(21)24-11-31(4,22)28-10-25-30-12(2)3/h12-16H,6-11H2,1-5H3,(H,19,20). The van der Waals surface area contributed by atoms with E-state index in [-0.39, 0.29) is 26.2 Å². The van der Waals surface area contributed by atoms with E-state index in [1.165, 1.54) is 13.3 Å². The molecule has 2 bridgehead atoms. The van der Waals surface area contributed by atoms with E-state index in [2.05, 4.69) is 5.32 Å². The molecule has 2 heterocycles. The Bertz CT molecular complexity index is 746. The Labute approximate surface area is 187 Å². The Morgan fingerprint density at radius 3 is 2.34 bits per heavy atom. The molecule has 32 heavy (non-hydrogen) atoms. The Morgan fingerprint density at radius 1 is 1.06 bits per heavy atom. The van der Waals surface area contributed by atoms with Gasteiger partial charge >= 0.3 is 13.6 Å². The summed E-state index contributed by atoms with van der Waals surface area (Å²) >= 11 is 0. The van der Waals surface area contributed by atoms with E-state index in [1.54, 1.807) is 20.8 Å². The van der Waals surface area contributed by atoms with E-state index in [9.17, 15) is 18.7 Å². The number of esters is 1. The summed E-state index contributed by atoms with van der Waals surface area (Å²) in [6, 6.07) is 0. The molecule has 6 unspecified atom stereocenters. The fraction of sp³-hybridized carbons (Fsp3) is 0.889. The lowest BCUT2D eigenvalue weighted by Gasteiger charge is -2.26. The largest absolute Gasteiger partial charge is 0.455 e. The van der Waals surface area contributed by atoms with Crippen LogP contribution in [0.4, 0.5) is 0 Å². The van der Waals surface area contributed by atoms with Crippen LogP contribution in [-0.2, 0) is 51.5 Å². The molecule has 6 atom stereocenters. The van der Waals surface area contributed by atoms with Crippen LogP contribution in [0.1, 0.15) is 33.6 Å². The van der Waals surface area contributed by atoms with Gasteiger partial charge in [0.1, 0.15) is 6.73 Å². The number of carbonyl (C=O) groups excluding carboxylic acids is 2. The molecule has 2 aliphatic rings. The first kappa shape index (κ1) is 27.4. The average Bonchev–Trinajstić information content (AvgIpc) is 3.31. The SMILES string of the molecule is CCOP(C)(=O)OCNC(=O)C1C2CCC(O2)C1C(=O)OCP(C)(=O)OCOOC(C)C. The lowest BCUT2D eigenvalue weighted by molar-refractivity contribution is -0.342. The first-order valence-corrected chi connectivity index (χ1v) is 14.7. The lowest BCUT2D eigenvalue weighted by atomic mass is 9.78. The third-order valence-corrected chi connectivity index (χ3v) is 7.41. The minimum Gasteiger partial charge on any atom is -0.455 e. The van der Waals surface area contributed by atoms with Crippen LogP contribution < -0.4 is 5.32 Å². The van der Waals surface area contributed by atoms with Crippen LogP contribution in [0.3, 0.4) is 0 Å². The molecule has 1 amide bonds. The highest BCUT2D eigenvalue weighted by Gasteiger charge is 2.56. The van der Waals surface area contributed by atoms with Crippen molar-refractivity contribution >= 4 is 26.8 Å². The maximum Gasteiger partial charge on any atom is 0.329 e. The van der Waals surface area contributed by atoms with E-state index >= 15 is 0 Å². The third-order valence-electron chi connectivity index (χ3n) is 4.83. The van der Waals surface area contributed by atoms with Gasteiger partial charge in [0.15, 0.2) is 13.1 Å². The summed E-state index contributed by atoms with van der Waals surface area (Å²) in [4.78, 5) is 35.0. The number of amides is 1. The first-order chi connectivity index (χ1) is 15.0. The van der Waals surface area contributed by atoms with Crippen molar-refractivity contribution < 1.29 is 51.5 Å². The first-order valence-electron chi connectivity index (χ1n) is 10.4. The Hall–Kier alpha value is -0.840. The van der Waals surface area contributed by atoms with Gasteiger partial charge in [-0.05, 0) is 33.6 Å². The van der Waals surface area contributed by atoms with Crippen molar-refractivity contribution in [2.45, 2.75) is 51.9 Å². The van der Waals surface area contributed by atoms with Crippen molar-refractivity contribution in [1.82, 2.24) is 5.32 Å². The zero-order chi connectivity index (χ0) is 23.9. The highest BCUT2D eigenvalue weighted by atomic mass is 31.2. The summed E-state index contributed by atoms with van der Waals surface area (Å²) in [6.07, 6.45) is -0.340. The summed E-state index contributed by atoms with van der Waals surface area (Å²) < 4.78 is 50.6. The van der Waals surface area contributed by atoms with Crippen molar-refractivity contribution in [2.75, 3.05) is 39.8 Å². The van der Waals surface area contributed by atoms with E-state index < -0.39 is 57.2 Å². The van der Waals surface area contributed by atoms with E-state index in [0.29, 0.717) is 12.8 Å². The highest BCUT2D eigenvalue weighted by molar-refractivity contribution is 7.57. The van der Waals surface area contributed by atoms with E-state index in [1.807, 2.05) is 0 Å². The van der Waals surface area contributed by atoms with Gasteiger partial charge in [0.05, 0.1) is 36.8 Å². The molecule has 0 aromatic heterocycles. The second kappa shape index (κ2) is 12.0. The van der Waals surface area contributed by atoms with Crippen molar-refractivity contribution in [3.05, 3.63) is 0 Å². The summed E-state index contributed by atoms with van der Waals surface area (Å²) in [7, 11) is -6.58. The highest BCUT2D eigenvalue weighted by Crippen LogP contribution is 2.47. The topological polar surface area (TPSA) is 145 Å². The molecular formula is C18H33NO11P2. The molecule has 0 aromatic carbocycles.